The quantitative estimate of drug-likeness (QED) is 0.752. The summed E-state index contributed by atoms with van der Waals surface area (Å²) in [5.41, 5.74) is 0.226. The molecule has 1 aromatic carbocycles. The largest absolute Gasteiger partial charge is 0.454 e. The third kappa shape index (κ3) is 2.66. The Balaban J connectivity index is 2.73. The molecule has 14 heavy (non-hydrogen) atoms. The number of alkyl halides is 3. The molecule has 5 heteroatoms. The first-order chi connectivity index (χ1) is 6.63. The van der Waals surface area contributed by atoms with Gasteiger partial charge in [-0.25, -0.2) is 8.78 Å². The molecule has 0 aliphatic carbocycles. The van der Waals surface area contributed by atoms with Crippen LogP contribution in [0.3, 0.4) is 0 Å². The van der Waals surface area contributed by atoms with Gasteiger partial charge in [0.1, 0.15) is 5.75 Å². The smallest absolute Gasteiger partial charge is 0.304 e. The molecule has 0 amide bonds. The van der Waals surface area contributed by atoms with Crippen LogP contribution < -0.4 is 4.74 Å². The van der Waals surface area contributed by atoms with Crippen LogP contribution in [0, 0.1) is 11.3 Å². The van der Waals surface area contributed by atoms with Gasteiger partial charge >= 0.3 is 6.43 Å². The Kier molecular flexibility index (Phi) is 3.35. The van der Waals surface area contributed by atoms with Crippen molar-refractivity contribution in [2.45, 2.75) is 12.8 Å². The summed E-state index contributed by atoms with van der Waals surface area (Å²) in [7, 11) is 0. The van der Waals surface area contributed by atoms with Crippen LogP contribution in [0.5, 0.6) is 5.75 Å². The summed E-state index contributed by atoms with van der Waals surface area (Å²) in [5, 5.41) is 8.46. The molecule has 74 valence electrons. The van der Waals surface area contributed by atoms with E-state index in [1.165, 1.54) is 24.3 Å². The van der Waals surface area contributed by atoms with Crippen molar-refractivity contribution >= 4 is 0 Å². The van der Waals surface area contributed by atoms with Crippen molar-refractivity contribution < 1.29 is 17.9 Å². The predicted molar refractivity (Wildman–Crippen MR) is 42.7 cm³/mol. The molecule has 0 radical (unpaired) electrons. The summed E-state index contributed by atoms with van der Waals surface area (Å²) in [5.74, 6) is -0.0862. The van der Waals surface area contributed by atoms with E-state index in [1.807, 2.05) is 0 Å². The van der Waals surface area contributed by atoms with Gasteiger partial charge in [-0.05, 0) is 18.2 Å². The molecule has 0 saturated heterocycles. The Morgan fingerprint density at radius 3 is 2.57 bits per heavy atom. The number of rotatable bonds is 3. The number of halogens is 3. The molecule has 1 rings (SSSR count). The molecular formula is C9H6F3NO. The van der Waals surface area contributed by atoms with Crippen LogP contribution in [-0.2, 0) is 0 Å². The maximum absolute atomic E-state index is 12.4. The second kappa shape index (κ2) is 4.51. The van der Waals surface area contributed by atoms with E-state index in [-0.39, 0.29) is 11.3 Å². The Bertz CT molecular complexity index is 348. The van der Waals surface area contributed by atoms with Gasteiger partial charge in [0.25, 0.3) is 6.36 Å². The Morgan fingerprint density at radius 1 is 1.29 bits per heavy atom. The number of nitriles is 1. The third-order valence-corrected chi connectivity index (χ3v) is 1.41. The first-order valence-corrected chi connectivity index (χ1v) is 3.72. The predicted octanol–water partition coefficient (Wildman–Crippen LogP) is 2.50. The molecule has 0 bridgehead atoms. The van der Waals surface area contributed by atoms with Gasteiger partial charge in [0.05, 0.1) is 11.6 Å². The van der Waals surface area contributed by atoms with Crippen molar-refractivity contribution in [3.05, 3.63) is 29.8 Å². The van der Waals surface area contributed by atoms with E-state index in [2.05, 4.69) is 4.74 Å². The lowest BCUT2D eigenvalue weighted by Gasteiger charge is -2.09. The fourth-order valence-corrected chi connectivity index (χ4v) is 0.820. The van der Waals surface area contributed by atoms with Gasteiger partial charge in [0, 0.05) is 0 Å². The second-order valence-corrected chi connectivity index (χ2v) is 2.44. The topological polar surface area (TPSA) is 33.0 Å². The highest BCUT2D eigenvalue weighted by molar-refractivity contribution is 5.36. The molecule has 0 fully saturated rings. The van der Waals surface area contributed by atoms with E-state index in [1.54, 1.807) is 6.07 Å². The van der Waals surface area contributed by atoms with Crippen LogP contribution >= 0.6 is 0 Å². The van der Waals surface area contributed by atoms with Crippen LogP contribution in [0.25, 0.3) is 0 Å². The summed E-state index contributed by atoms with van der Waals surface area (Å²) in [6.45, 7) is 0. The molecule has 0 saturated carbocycles. The Hall–Kier alpha value is -1.70. The number of nitrogens with zero attached hydrogens (tertiary/aromatic N) is 1. The van der Waals surface area contributed by atoms with Crippen molar-refractivity contribution in [3.63, 3.8) is 0 Å². The minimum absolute atomic E-state index is 0.0862. The highest BCUT2D eigenvalue weighted by Crippen LogP contribution is 2.17. The second-order valence-electron chi connectivity index (χ2n) is 2.44. The van der Waals surface area contributed by atoms with Gasteiger partial charge in [-0.1, -0.05) is 6.07 Å². The summed E-state index contributed by atoms with van der Waals surface area (Å²) < 4.78 is 40.1. The van der Waals surface area contributed by atoms with Gasteiger partial charge in [0.2, 0.25) is 0 Å². The maximum atomic E-state index is 12.4. The van der Waals surface area contributed by atoms with Crippen LogP contribution in [0.4, 0.5) is 13.2 Å². The molecule has 0 spiro atoms. The monoisotopic (exact) mass is 201 g/mol. The number of hydrogen-bond donors (Lipinski definition) is 0. The molecule has 0 aromatic heterocycles. The molecule has 1 unspecified atom stereocenters. The lowest BCUT2D eigenvalue weighted by molar-refractivity contribution is -0.0669. The molecule has 2 nitrogen and oxygen atoms in total. The SMILES string of the molecule is N#Cc1cccc(OC(F)C(F)F)c1. The summed E-state index contributed by atoms with van der Waals surface area (Å²) in [4.78, 5) is 0. The van der Waals surface area contributed by atoms with Crippen molar-refractivity contribution in [2.24, 2.45) is 0 Å². The first kappa shape index (κ1) is 10.4. The molecule has 1 atom stereocenters. The summed E-state index contributed by atoms with van der Waals surface area (Å²) >= 11 is 0. The summed E-state index contributed by atoms with van der Waals surface area (Å²) in [6, 6.07) is 7.15. The lowest BCUT2D eigenvalue weighted by Crippen LogP contribution is -2.19. The highest BCUT2D eigenvalue weighted by atomic mass is 19.3. The number of benzene rings is 1. The van der Waals surface area contributed by atoms with Gasteiger partial charge in [-0.3, -0.25) is 0 Å². The highest BCUT2D eigenvalue weighted by Gasteiger charge is 2.20. The van der Waals surface area contributed by atoms with Gasteiger partial charge in [0.15, 0.2) is 0 Å². The molecule has 1 aromatic rings. The van der Waals surface area contributed by atoms with E-state index < -0.39 is 12.8 Å². The van der Waals surface area contributed by atoms with Gasteiger partial charge < -0.3 is 4.74 Å². The fraction of sp³-hybridized carbons (Fsp3) is 0.222. The first-order valence-electron chi connectivity index (χ1n) is 3.72. The van der Waals surface area contributed by atoms with Crippen molar-refractivity contribution in [1.29, 1.82) is 5.26 Å². The molecule has 0 aliphatic heterocycles. The normalized spacial score (nSPS) is 12.2. The fourth-order valence-electron chi connectivity index (χ4n) is 0.820. The lowest BCUT2D eigenvalue weighted by atomic mass is 10.2. The molecule has 0 aliphatic rings. The Labute approximate surface area is 78.5 Å². The zero-order chi connectivity index (χ0) is 10.6. The van der Waals surface area contributed by atoms with E-state index in [9.17, 15) is 13.2 Å². The van der Waals surface area contributed by atoms with Crippen molar-refractivity contribution in [2.75, 3.05) is 0 Å². The van der Waals surface area contributed by atoms with Crippen LogP contribution in [0.1, 0.15) is 5.56 Å². The average Bonchev–Trinajstić information content (AvgIpc) is 2.18. The van der Waals surface area contributed by atoms with Gasteiger partial charge in [-0.15, -0.1) is 0 Å². The number of hydrogen-bond acceptors (Lipinski definition) is 2. The molecule has 0 N–H and O–H groups in total. The zero-order valence-corrected chi connectivity index (χ0v) is 6.95. The third-order valence-electron chi connectivity index (χ3n) is 1.41. The van der Waals surface area contributed by atoms with Crippen LogP contribution in [0.2, 0.25) is 0 Å². The van der Waals surface area contributed by atoms with Gasteiger partial charge in [-0.2, -0.15) is 9.65 Å². The standard InChI is InChI=1S/C9H6F3NO/c10-8(11)9(12)14-7-3-1-2-6(4-7)5-13/h1-4,8-9H. The van der Waals surface area contributed by atoms with E-state index in [4.69, 9.17) is 5.26 Å². The van der Waals surface area contributed by atoms with E-state index >= 15 is 0 Å². The minimum Gasteiger partial charge on any atom is -0.454 e. The van der Waals surface area contributed by atoms with Crippen molar-refractivity contribution in [3.8, 4) is 11.8 Å². The zero-order valence-electron chi connectivity index (χ0n) is 6.95. The Morgan fingerprint density at radius 2 is 2.00 bits per heavy atom. The van der Waals surface area contributed by atoms with Crippen LogP contribution in [0.15, 0.2) is 24.3 Å². The van der Waals surface area contributed by atoms with Crippen LogP contribution in [-0.4, -0.2) is 12.8 Å². The minimum atomic E-state index is -3.19. The van der Waals surface area contributed by atoms with E-state index in [0.29, 0.717) is 0 Å². The molecule has 0 heterocycles. The van der Waals surface area contributed by atoms with E-state index in [0.717, 1.165) is 0 Å². The average molecular weight is 201 g/mol. The molecular weight excluding hydrogens is 195 g/mol. The number of ether oxygens (including phenoxy) is 1. The summed E-state index contributed by atoms with van der Waals surface area (Å²) in [6.07, 6.45) is -5.86. The van der Waals surface area contributed by atoms with Crippen molar-refractivity contribution in [1.82, 2.24) is 0 Å². The maximum Gasteiger partial charge on any atom is 0.304 e.